The maximum absolute atomic E-state index is 12.7. The number of amidine groups is 1. The van der Waals surface area contributed by atoms with Gasteiger partial charge in [-0.3, -0.25) is 15.1 Å². The van der Waals surface area contributed by atoms with Crippen molar-refractivity contribution in [2.75, 3.05) is 10.7 Å². The van der Waals surface area contributed by atoms with Crippen LogP contribution in [0.1, 0.15) is 43.9 Å². The van der Waals surface area contributed by atoms with Crippen LogP contribution in [0.3, 0.4) is 0 Å². The van der Waals surface area contributed by atoms with E-state index in [0.29, 0.717) is 27.8 Å². The normalized spacial score (nSPS) is 15.2. The number of urea groups is 1. The SMILES string of the molecule is CC(C)c1ccc(Cl)cc1N1C(=O)CSC1=NC(=O)NNC(C)c1ccc(-c2ncn(-c3ccc(OC(F)(F)F)cc3)n2)cc1. The second-order valence-electron chi connectivity index (χ2n) is 10.2. The highest BCUT2D eigenvalue weighted by Crippen LogP contribution is 2.35. The lowest BCUT2D eigenvalue weighted by Gasteiger charge is -2.22. The zero-order chi connectivity index (χ0) is 32.3. The number of thioether (sulfide) groups is 1. The number of anilines is 1. The maximum Gasteiger partial charge on any atom is 0.573 e. The number of hydrogen-bond donors (Lipinski definition) is 2. The van der Waals surface area contributed by atoms with Gasteiger partial charge in [-0.15, -0.1) is 18.3 Å². The largest absolute Gasteiger partial charge is 0.573 e. The van der Waals surface area contributed by atoms with Crippen LogP contribution in [0.4, 0.5) is 23.7 Å². The fourth-order valence-corrected chi connectivity index (χ4v) is 5.51. The van der Waals surface area contributed by atoms with E-state index in [1.165, 1.54) is 51.9 Å². The van der Waals surface area contributed by atoms with E-state index in [1.54, 1.807) is 12.1 Å². The summed E-state index contributed by atoms with van der Waals surface area (Å²) in [5.41, 5.74) is 9.08. The third-order valence-corrected chi connectivity index (χ3v) is 7.87. The van der Waals surface area contributed by atoms with Crippen molar-refractivity contribution in [2.45, 2.75) is 39.1 Å². The fourth-order valence-electron chi connectivity index (χ4n) is 4.49. The van der Waals surface area contributed by atoms with E-state index in [2.05, 4.69) is 30.7 Å². The highest BCUT2D eigenvalue weighted by atomic mass is 35.5. The van der Waals surface area contributed by atoms with Gasteiger partial charge in [-0.25, -0.2) is 19.9 Å². The molecule has 1 saturated heterocycles. The molecule has 1 aromatic heterocycles. The highest BCUT2D eigenvalue weighted by molar-refractivity contribution is 8.15. The third-order valence-electron chi connectivity index (χ3n) is 6.71. The summed E-state index contributed by atoms with van der Waals surface area (Å²) in [6, 6.07) is 16.9. The van der Waals surface area contributed by atoms with Gasteiger partial charge in [0.15, 0.2) is 11.0 Å². The Morgan fingerprint density at radius 2 is 1.78 bits per heavy atom. The number of hydrazine groups is 1. The van der Waals surface area contributed by atoms with Crippen LogP contribution >= 0.6 is 23.4 Å². The summed E-state index contributed by atoms with van der Waals surface area (Å²) in [4.78, 5) is 35.3. The number of alkyl halides is 3. The lowest BCUT2D eigenvalue weighted by molar-refractivity contribution is -0.274. The predicted molar refractivity (Wildman–Crippen MR) is 166 cm³/mol. The van der Waals surface area contributed by atoms with Gasteiger partial charge in [0.25, 0.3) is 0 Å². The van der Waals surface area contributed by atoms with Crippen LogP contribution in [0.5, 0.6) is 5.75 Å². The topological polar surface area (TPSA) is 114 Å². The molecule has 1 aliphatic rings. The second-order valence-corrected chi connectivity index (χ2v) is 11.6. The molecule has 0 bridgehead atoms. The van der Waals surface area contributed by atoms with E-state index in [0.717, 1.165) is 11.1 Å². The molecular formula is C30H27ClF3N7O3S. The minimum Gasteiger partial charge on any atom is -0.406 e. The van der Waals surface area contributed by atoms with E-state index in [4.69, 9.17) is 11.6 Å². The molecule has 3 aromatic carbocycles. The van der Waals surface area contributed by atoms with Gasteiger partial charge in [0.1, 0.15) is 12.1 Å². The molecule has 2 N–H and O–H groups in total. The van der Waals surface area contributed by atoms with Crippen LogP contribution in [0.15, 0.2) is 78.0 Å². The summed E-state index contributed by atoms with van der Waals surface area (Å²) < 4.78 is 42.6. The van der Waals surface area contributed by atoms with Crippen molar-refractivity contribution in [3.05, 3.63) is 89.2 Å². The average molecular weight is 658 g/mol. The Hall–Kier alpha value is -4.40. The van der Waals surface area contributed by atoms with Gasteiger partial charge in [-0.05, 0) is 60.4 Å². The van der Waals surface area contributed by atoms with Gasteiger partial charge in [0.05, 0.1) is 17.1 Å². The fraction of sp³-hybridized carbons (Fsp3) is 0.233. The minimum absolute atomic E-state index is 0.119. The summed E-state index contributed by atoms with van der Waals surface area (Å²) in [5, 5.41) is 5.14. The van der Waals surface area contributed by atoms with Gasteiger partial charge in [0.2, 0.25) is 5.91 Å². The molecule has 0 saturated carbocycles. The maximum atomic E-state index is 12.7. The van der Waals surface area contributed by atoms with Crippen molar-refractivity contribution >= 4 is 46.2 Å². The number of nitrogens with one attached hydrogen (secondary N) is 2. The molecule has 2 heterocycles. The molecule has 5 rings (SSSR count). The zero-order valence-corrected chi connectivity index (χ0v) is 25.7. The molecule has 0 spiro atoms. The van der Waals surface area contributed by atoms with E-state index >= 15 is 0 Å². The van der Waals surface area contributed by atoms with Crippen molar-refractivity contribution in [3.63, 3.8) is 0 Å². The first-order valence-corrected chi connectivity index (χ1v) is 15.0. The Morgan fingerprint density at radius 1 is 1.07 bits per heavy atom. The molecule has 1 fully saturated rings. The Bertz CT molecular complexity index is 1730. The lowest BCUT2D eigenvalue weighted by atomic mass is 10.0. The molecule has 1 unspecified atom stereocenters. The number of hydrogen-bond acceptors (Lipinski definition) is 7. The van der Waals surface area contributed by atoms with Crippen molar-refractivity contribution < 1.29 is 27.5 Å². The monoisotopic (exact) mass is 657 g/mol. The number of ether oxygens (including phenoxy) is 1. The first kappa shape index (κ1) is 32.0. The van der Waals surface area contributed by atoms with E-state index in [-0.39, 0.29) is 34.5 Å². The average Bonchev–Trinajstić information content (AvgIpc) is 3.62. The molecule has 1 aliphatic heterocycles. The molecule has 15 heteroatoms. The summed E-state index contributed by atoms with van der Waals surface area (Å²) in [7, 11) is 0. The molecule has 3 amide bonds. The molecule has 234 valence electrons. The number of aromatic nitrogens is 3. The van der Waals surface area contributed by atoms with Crippen LogP contribution in [-0.4, -0.2) is 44.0 Å². The standard InChI is InChI=1S/C30H27ClF3N7O3S/c1-17(2)24-13-8-21(31)14-25(24)41-26(42)15-45-29(41)36-28(43)38-37-18(3)19-4-6-20(7-5-19)27-35-16-40(39-27)22-9-11-23(12-10-22)44-30(32,33)34/h4-14,16-18,37H,15H2,1-3H3,(H,38,43). The number of halogens is 4. The van der Waals surface area contributed by atoms with Crippen molar-refractivity contribution in [1.29, 1.82) is 0 Å². The number of carbonyl (C=O) groups excluding carboxylic acids is 2. The van der Waals surface area contributed by atoms with Crippen molar-refractivity contribution in [3.8, 4) is 22.8 Å². The van der Waals surface area contributed by atoms with Crippen molar-refractivity contribution in [1.82, 2.24) is 25.6 Å². The Balaban J connectivity index is 1.20. The first-order valence-electron chi connectivity index (χ1n) is 13.7. The molecular weight excluding hydrogens is 631 g/mol. The van der Waals surface area contributed by atoms with Gasteiger partial charge in [-0.1, -0.05) is 67.5 Å². The summed E-state index contributed by atoms with van der Waals surface area (Å²) in [6.45, 7) is 5.87. The molecule has 10 nitrogen and oxygen atoms in total. The van der Waals surface area contributed by atoms with E-state index in [1.807, 2.05) is 51.1 Å². The van der Waals surface area contributed by atoms with Gasteiger partial charge < -0.3 is 4.74 Å². The van der Waals surface area contributed by atoms with Crippen LogP contribution in [-0.2, 0) is 4.79 Å². The molecule has 45 heavy (non-hydrogen) atoms. The number of rotatable bonds is 8. The molecule has 4 aromatic rings. The third kappa shape index (κ3) is 7.82. The number of aliphatic imine (C=N–C) groups is 1. The van der Waals surface area contributed by atoms with Crippen LogP contribution in [0.2, 0.25) is 5.02 Å². The smallest absolute Gasteiger partial charge is 0.406 e. The predicted octanol–water partition coefficient (Wildman–Crippen LogP) is 7.02. The minimum atomic E-state index is -4.77. The molecule has 1 atom stereocenters. The first-order chi connectivity index (χ1) is 21.4. The van der Waals surface area contributed by atoms with E-state index < -0.39 is 12.4 Å². The Labute approximate surface area is 265 Å². The molecule has 0 aliphatic carbocycles. The van der Waals surface area contributed by atoms with Crippen molar-refractivity contribution in [2.24, 2.45) is 4.99 Å². The van der Waals surface area contributed by atoms with Gasteiger partial charge in [0, 0.05) is 16.6 Å². The number of amides is 3. The zero-order valence-electron chi connectivity index (χ0n) is 24.2. The number of nitrogens with zero attached hydrogens (tertiary/aromatic N) is 5. The summed E-state index contributed by atoms with van der Waals surface area (Å²) in [6.07, 6.45) is -3.31. The quantitative estimate of drug-likeness (QED) is 0.196. The van der Waals surface area contributed by atoms with Crippen LogP contribution in [0, 0.1) is 0 Å². The number of benzene rings is 3. The Morgan fingerprint density at radius 3 is 2.44 bits per heavy atom. The second kappa shape index (κ2) is 13.3. The summed E-state index contributed by atoms with van der Waals surface area (Å²) in [5.74, 6) is 0.164. The van der Waals surface area contributed by atoms with E-state index in [9.17, 15) is 22.8 Å². The summed E-state index contributed by atoms with van der Waals surface area (Å²) >= 11 is 7.40. The van der Waals surface area contributed by atoms with Gasteiger partial charge in [-0.2, -0.15) is 4.99 Å². The Kier molecular flexibility index (Phi) is 9.46. The van der Waals surface area contributed by atoms with Crippen LogP contribution in [0.25, 0.3) is 17.1 Å². The van der Waals surface area contributed by atoms with Crippen LogP contribution < -0.4 is 20.5 Å². The number of carbonyl (C=O) groups is 2. The van der Waals surface area contributed by atoms with Gasteiger partial charge >= 0.3 is 12.4 Å². The highest BCUT2D eigenvalue weighted by Gasteiger charge is 2.33. The molecule has 0 radical (unpaired) electrons. The lowest BCUT2D eigenvalue weighted by Crippen LogP contribution is -2.39.